The Labute approximate surface area is 172 Å². The number of phenols is 1. The molecular weight excluding hydrogens is 367 g/mol. The molecule has 3 rings (SSSR count). The summed E-state index contributed by atoms with van der Waals surface area (Å²) < 4.78 is 39.9. The minimum absolute atomic E-state index is 0. The van der Waals surface area contributed by atoms with E-state index in [2.05, 4.69) is 10.2 Å². The number of ether oxygens (including phenoxy) is 1. The van der Waals surface area contributed by atoms with Crippen molar-refractivity contribution in [3.8, 4) is 11.5 Å². The summed E-state index contributed by atoms with van der Waals surface area (Å²) in [6.07, 6.45) is 0. The zero-order chi connectivity index (χ0) is 18.0. The number of para-hydroxylation sites is 1. The topological polar surface area (TPSA) is 111 Å². The van der Waals surface area contributed by atoms with E-state index in [1.807, 2.05) is 0 Å². The summed E-state index contributed by atoms with van der Waals surface area (Å²) in [6.45, 7) is 0. The van der Waals surface area contributed by atoms with Crippen molar-refractivity contribution in [1.82, 2.24) is 0 Å². The molecule has 0 aliphatic heterocycles. The zero-order valence-electron chi connectivity index (χ0n) is 14.1. The third-order valence-electron chi connectivity index (χ3n) is 3.56. The molecule has 0 saturated heterocycles. The maximum absolute atomic E-state index is 11.6. The van der Waals surface area contributed by atoms with Crippen LogP contribution in [0.5, 0.6) is 11.5 Å². The molecule has 0 bridgehead atoms. The maximum Gasteiger partial charge on any atom is 1.00 e. The smallest absolute Gasteiger partial charge is 0.744 e. The third-order valence-corrected chi connectivity index (χ3v) is 4.47. The number of aromatic hydroxyl groups is 1. The number of rotatable bonds is 4. The second kappa shape index (κ2) is 8.15. The van der Waals surface area contributed by atoms with Crippen molar-refractivity contribution in [2.45, 2.75) is 4.90 Å². The molecule has 0 heterocycles. The van der Waals surface area contributed by atoms with Gasteiger partial charge in [0, 0.05) is 5.39 Å². The summed E-state index contributed by atoms with van der Waals surface area (Å²) in [6, 6.07) is 14.6. The Morgan fingerprint density at radius 3 is 2.31 bits per heavy atom. The van der Waals surface area contributed by atoms with Crippen LogP contribution >= 0.6 is 0 Å². The molecule has 0 aliphatic rings. The van der Waals surface area contributed by atoms with E-state index in [0.29, 0.717) is 16.8 Å². The predicted octanol–water partition coefficient (Wildman–Crippen LogP) is 0.878. The van der Waals surface area contributed by atoms with Gasteiger partial charge in [-0.1, -0.05) is 36.4 Å². The van der Waals surface area contributed by atoms with Gasteiger partial charge in [0.1, 0.15) is 32.1 Å². The molecule has 0 saturated carbocycles. The molecule has 1 N–H and O–H groups in total. The summed E-state index contributed by atoms with van der Waals surface area (Å²) in [7, 11) is -3.43. The standard InChI is InChI=1S/C17H14N2O5S.Na/c1-24-15-9-5-4-8-13(15)18-19-14-10-11-6-2-3-7-12(11)17(16(14)20)25(21,22)23;/h2-10,20H,1H3,(H,21,22,23);/q;+1/p-1. The Morgan fingerprint density at radius 1 is 1.00 bits per heavy atom. The van der Waals surface area contributed by atoms with Gasteiger partial charge in [0.05, 0.1) is 7.11 Å². The first-order valence-corrected chi connectivity index (χ1v) is 8.58. The van der Waals surface area contributed by atoms with Crippen LogP contribution in [-0.2, 0) is 10.1 Å². The second-order valence-corrected chi connectivity index (χ2v) is 6.44. The Kier molecular flexibility index (Phi) is 6.38. The van der Waals surface area contributed by atoms with E-state index in [1.54, 1.807) is 42.5 Å². The van der Waals surface area contributed by atoms with Gasteiger partial charge in [-0.25, -0.2) is 8.42 Å². The predicted molar refractivity (Wildman–Crippen MR) is 90.7 cm³/mol. The third kappa shape index (κ3) is 4.05. The number of hydrogen-bond donors (Lipinski definition) is 1. The number of nitrogens with zero attached hydrogens (tertiary/aromatic N) is 2. The van der Waals surface area contributed by atoms with Crippen molar-refractivity contribution in [3.63, 3.8) is 0 Å². The molecule has 0 amide bonds. The first kappa shape index (κ1) is 20.3. The van der Waals surface area contributed by atoms with Gasteiger partial charge >= 0.3 is 29.6 Å². The molecular formula is C17H13N2NaO5S. The van der Waals surface area contributed by atoms with Crippen LogP contribution in [0.15, 0.2) is 69.7 Å². The molecule has 128 valence electrons. The summed E-state index contributed by atoms with van der Waals surface area (Å²) in [5, 5.41) is 18.7. The number of azo groups is 1. The van der Waals surface area contributed by atoms with Gasteiger partial charge in [-0.05, 0) is 23.6 Å². The summed E-state index contributed by atoms with van der Waals surface area (Å²) in [5.41, 5.74) is 0.267. The number of methoxy groups -OCH3 is 1. The summed E-state index contributed by atoms with van der Waals surface area (Å²) in [5.74, 6) is -0.268. The van der Waals surface area contributed by atoms with Crippen LogP contribution in [0.2, 0.25) is 0 Å². The Hall–Kier alpha value is -1.97. The van der Waals surface area contributed by atoms with Gasteiger partial charge in [0.25, 0.3) is 0 Å². The fourth-order valence-corrected chi connectivity index (χ4v) is 3.24. The second-order valence-electron chi connectivity index (χ2n) is 5.12. The Morgan fingerprint density at radius 2 is 1.62 bits per heavy atom. The number of hydrogen-bond acceptors (Lipinski definition) is 7. The van der Waals surface area contributed by atoms with Gasteiger partial charge in [-0.2, -0.15) is 0 Å². The molecule has 0 aromatic heterocycles. The van der Waals surface area contributed by atoms with Crippen molar-refractivity contribution in [2.75, 3.05) is 7.11 Å². The molecule has 0 radical (unpaired) electrons. The van der Waals surface area contributed by atoms with Crippen LogP contribution in [-0.4, -0.2) is 25.2 Å². The Balaban J connectivity index is 0.00000243. The molecule has 0 fully saturated rings. The number of fused-ring (bicyclic) bond motifs is 1. The molecule has 0 spiro atoms. The normalized spacial score (nSPS) is 11.5. The monoisotopic (exact) mass is 380 g/mol. The van der Waals surface area contributed by atoms with E-state index < -0.39 is 20.8 Å². The fraction of sp³-hybridized carbons (Fsp3) is 0.0588. The summed E-state index contributed by atoms with van der Waals surface area (Å²) in [4.78, 5) is -0.709. The maximum atomic E-state index is 11.6. The Bertz CT molecular complexity index is 1080. The van der Waals surface area contributed by atoms with Crippen LogP contribution in [0.25, 0.3) is 10.8 Å². The van der Waals surface area contributed by atoms with Crippen LogP contribution in [0.3, 0.4) is 0 Å². The van der Waals surface area contributed by atoms with Gasteiger partial charge in [0.15, 0.2) is 5.75 Å². The number of benzene rings is 3. The summed E-state index contributed by atoms with van der Waals surface area (Å²) >= 11 is 0. The van der Waals surface area contributed by atoms with Gasteiger partial charge in [0.2, 0.25) is 0 Å². The quantitative estimate of drug-likeness (QED) is 0.410. The average Bonchev–Trinajstić information content (AvgIpc) is 2.59. The SMILES string of the molecule is COc1ccccc1N=Nc1cc2ccccc2c(S(=O)(=O)[O-])c1O.[Na+]. The number of phenolic OH excluding ortho intramolecular Hbond substituents is 1. The van der Waals surface area contributed by atoms with Gasteiger partial charge < -0.3 is 14.4 Å². The van der Waals surface area contributed by atoms with Gasteiger partial charge in [-0.15, -0.1) is 10.2 Å². The van der Waals surface area contributed by atoms with Crippen LogP contribution < -0.4 is 34.3 Å². The van der Waals surface area contributed by atoms with E-state index in [9.17, 15) is 18.1 Å². The van der Waals surface area contributed by atoms with E-state index in [1.165, 1.54) is 19.2 Å². The molecule has 3 aromatic carbocycles. The molecule has 0 unspecified atom stereocenters. The molecule has 26 heavy (non-hydrogen) atoms. The van der Waals surface area contributed by atoms with Crippen molar-refractivity contribution in [1.29, 1.82) is 0 Å². The molecule has 9 heteroatoms. The van der Waals surface area contributed by atoms with Crippen molar-refractivity contribution in [2.24, 2.45) is 10.2 Å². The average molecular weight is 380 g/mol. The minimum atomic E-state index is -4.90. The van der Waals surface area contributed by atoms with Crippen molar-refractivity contribution in [3.05, 3.63) is 54.6 Å². The fourth-order valence-electron chi connectivity index (χ4n) is 2.44. The van der Waals surface area contributed by atoms with Crippen LogP contribution in [0.4, 0.5) is 11.4 Å². The van der Waals surface area contributed by atoms with E-state index in [-0.39, 0.29) is 40.6 Å². The van der Waals surface area contributed by atoms with Crippen molar-refractivity contribution < 1.29 is 52.4 Å². The molecule has 7 nitrogen and oxygen atoms in total. The van der Waals surface area contributed by atoms with Crippen LogP contribution in [0.1, 0.15) is 0 Å². The van der Waals surface area contributed by atoms with E-state index in [4.69, 9.17) is 4.74 Å². The largest absolute Gasteiger partial charge is 1.00 e. The zero-order valence-corrected chi connectivity index (χ0v) is 16.9. The molecule has 3 aromatic rings. The van der Waals surface area contributed by atoms with Crippen LogP contribution in [0, 0.1) is 0 Å². The molecule has 0 atom stereocenters. The first-order valence-electron chi connectivity index (χ1n) is 7.17. The van der Waals surface area contributed by atoms with E-state index >= 15 is 0 Å². The molecule has 0 aliphatic carbocycles. The van der Waals surface area contributed by atoms with Gasteiger partial charge in [-0.3, -0.25) is 0 Å². The first-order chi connectivity index (χ1) is 11.9. The van der Waals surface area contributed by atoms with E-state index in [0.717, 1.165) is 0 Å². The minimum Gasteiger partial charge on any atom is -0.744 e. The van der Waals surface area contributed by atoms with Crippen molar-refractivity contribution >= 4 is 32.3 Å².